The number of amidine groups is 1. The molecule has 1 aliphatic heterocycles. The minimum Gasteiger partial charge on any atom is -0.345 e. The highest BCUT2D eigenvalue weighted by atomic mass is 19.1. The third-order valence-electron chi connectivity index (χ3n) is 5.51. The van der Waals surface area contributed by atoms with E-state index >= 15 is 0 Å². The van der Waals surface area contributed by atoms with E-state index in [0.29, 0.717) is 17.2 Å². The topological polar surface area (TPSA) is 127 Å². The molecule has 1 fully saturated rings. The summed E-state index contributed by atoms with van der Waals surface area (Å²) in [6.07, 6.45) is 6.62. The lowest BCUT2D eigenvalue weighted by Gasteiger charge is -2.37. The predicted molar refractivity (Wildman–Crippen MR) is 105 cm³/mol. The number of halogens is 1. The van der Waals surface area contributed by atoms with E-state index in [9.17, 15) is 4.39 Å². The Kier molecular flexibility index (Phi) is 3.63. The van der Waals surface area contributed by atoms with Crippen molar-refractivity contribution in [1.29, 1.82) is 0 Å². The average molecular weight is 398 g/mol. The van der Waals surface area contributed by atoms with Crippen LogP contribution in [0.4, 0.5) is 10.2 Å². The predicted octanol–water partition coefficient (Wildman–Crippen LogP) is 1.22. The van der Waals surface area contributed by atoms with Crippen molar-refractivity contribution in [3.8, 4) is 0 Å². The molecule has 1 saturated carbocycles. The van der Waals surface area contributed by atoms with Gasteiger partial charge in [-0.05, 0) is 32.8 Å². The van der Waals surface area contributed by atoms with Crippen molar-refractivity contribution in [2.75, 3.05) is 12.4 Å². The lowest BCUT2D eigenvalue weighted by molar-refractivity contribution is 0.330. The Morgan fingerprint density at radius 3 is 2.66 bits per heavy atom. The smallest absolute Gasteiger partial charge is 0.208 e. The molecule has 3 aromatic heterocycles. The summed E-state index contributed by atoms with van der Waals surface area (Å²) in [7, 11) is 1.60. The van der Waals surface area contributed by atoms with Gasteiger partial charge in [0.25, 0.3) is 0 Å². The van der Waals surface area contributed by atoms with Crippen LogP contribution in [0.25, 0.3) is 0 Å². The van der Waals surface area contributed by atoms with Gasteiger partial charge >= 0.3 is 0 Å². The number of rotatable bonds is 4. The van der Waals surface area contributed by atoms with E-state index in [0.717, 1.165) is 24.2 Å². The third kappa shape index (κ3) is 2.64. The number of anilines is 1. The number of hydrogen-bond acceptors (Lipinski definition) is 6. The number of H-pyrrole nitrogens is 1. The van der Waals surface area contributed by atoms with Crippen molar-refractivity contribution in [3.05, 3.63) is 47.4 Å². The molecule has 0 amide bonds. The van der Waals surface area contributed by atoms with Crippen LogP contribution >= 0.6 is 0 Å². The van der Waals surface area contributed by atoms with Gasteiger partial charge in [-0.3, -0.25) is 15.4 Å². The summed E-state index contributed by atoms with van der Waals surface area (Å²) in [5, 5.41) is 19.8. The molecule has 0 spiro atoms. The van der Waals surface area contributed by atoms with E-state index in [4.69, 9.17) is 10.8 Å². The summed E-state index contributed by atoms with van der Waals surface area (Å²) in [4.78, 5) is 8.72. The van der Waals surface area contributed by atoms with Gasteiger partial charge in [-0.15, -0.1) is 0 Å². The van der Waals surface area contributed by atoms with E-state index in [1.54, 1.807) is 24.2 Å². The van der Waals surface area contributed by atoms with Crippen LogP contribution in [-0.4, -0.2) is 42.6 Å². The van der Waals surface area contributed by atoms with Crippen molar-refractivity contribution in [1.82, 2.24) is 35.1 Å². The second-order valence-electron chi connectivity index (χ2n) is 7.98. The average Bonchev–Trinajstić information content (AvgIpc) is 3.12. The van der Waals surface area contributed by atoms with E-state index in [2.05, 4.69) is 30.8 Å². The van der Waals surface area contributed by atoms with Crippen molar-refractivity contribution < 1.29 is 4.39 Å². The Balaban J connectivity index is 1.62. The van der Waals surface area contributed by atoms with Gasteiger partial charge in [0.15, 0.2) is 5.82 Å². The standard InChI is InChI=1S/C18H23FN10/c1-17(2,29-23-6-7-24-29)12-8-13(28(27-12)10-4-5-10)18(20)25-15(21-3)14-11(19)9-22-16(14)26-18/h6-10,22,26H,4-5,20H2,1-3H3,(H,21,25). The molecule has 0 bridgehead atoms. The maximum Gasteiger partial charge on any atom is 0.208 e. The van der Waals surface area contributed by atoms with Gasteiger partial charge in [-0.1, -0.05) is 0 Å². The maximum atomic E-state index is 14.2. The van der Waals surface area contributed by atoms with Crippen LogP contribution < -0.4 is 16.4 Å². The molecule has 1 aliphatic carbocycles. The molecule has 10 nitrogen and oxygen atoms in total. The molecule has 5 rings (SSSR count). The molecule has 3 aromatic rings. The van der Waals surface area contributed by atoms with Gasteiger partial charge in [-0.25, -0.2) is 4.39 Å². The summed E-state index contributed by atoms with van der Waals surface area (Å²) >= 11 is 0. The summed E-state index contributed by atoms with van der Waals surface area (Å²) < 4.78 is 16.1. The first-order chi connectivity index (χ1) is 13.8. The molecular formula is C18H23FN10. The Morgan fingerprint density at radius 2 is 2.00 bits per heavy atom. The fraction of sp³-hybridized carbons (Fsp3) is 0.444. The van der Waals surface area contributed by atoms with Gasteiger partial charge in [0, 0.05) is 13.2 Å². The molecule has 1 unspecified atom stereocenters. The molecule has 152 valence electrons. The van der Waals surface area contributed by atoms with Crippen molar-refractivity contribution in [2.24, 2.45) is 10.7 Å². The van der Waals surface area contributed by atoms with Gasteiger partial charge in [0.1, 0.15) is 22.9 Å². The van der Waals surface area contributed by atoms with Crippen LogP contribution in [0.1, 0.15) is 49.7 Å². The second-order valence-corrected chi connectivity index (χ2v) is 7.98. The summed E-state index contributed by atoms with van der Waals surface area (Å²) in [6, 6.07) is 2.21. The molecule has 0 radical (unpaired) electrons. The zero-order valence-electron chi connectivity index (χ0n) is 16.4. The molecule has 0 aromatic carbocycles. The Morgan fingerprint density at radius 1 is 1.28 bits per heavy atom. The van der Waals surface area contributed by atoms with Crippen molar-refractivity contribution >= 4 is 11.7 Å². The first-order valence-electron chi connectivity index (χ1n) is 9.50. The summed E-state index contributed by atoms with van der Waals surface area (Å²) in [6.45, 7) is 4.00. The van der Waals surface area contributed by atoms with Gasteiger partial charge in [-0.2, -0.15) is 20.1 Å². The van der Waals surface area contributed by atoms with E-state index in [1.165, 1.54) is 6.20 Å². The molecule has 29 heavy (non-hydrogen) atoms. The van der Waals surface area contributed by atoms with Crippen molar-refractivity contribution in [2.45, 2.75) is 44.1 Å². The fourth-order valence-corrected chi connectivity index (χ4v) is 3.70. The maximum absolute atomic E-state index is 14.2. The molecule has 1 atom stereocenters. The fourth-order valence-electron chi connectivity index (χ4n) is 3.70. The Labute approximate surface area is 166 Å². The zero-order valence-corrected chi connectivity index (χ0v) is 16.4. The van der Waals surface area contributed by atoms with Crippen LogP contribution in [0.15, 0.2) is 29.6 Å². The normalized spacial score (nSPS) is 23.0. The number of aliphatic imine (C=N–C) groups is 1. The van der Waals surface area contributed by atoms with E-state index in [1.807, 2.05) is 24.6 Å². The van der Waals surface area contributed by atoms with Crippen LogP contribution in [0.5, 0.6) is 0 Å². The second kappa shape index (κ2) is 5.89. The third-order valence-corrected chi connectivity index (χ3v) is 5.51. The number of aromatic amines is 1. The van der Waals surface area contributed by atoms with Crippen molar-refractivity contribution in [3.63, 3.8) is 0 Å². The Hall–Kier alpha value is -3.21. The highest BCUT2D eigenvalue weighted by molar-refractivity contribution is 6.05. The molecular weight excluding hydrogens is 375 g/mol. The monoisotopic (exact) mass is 398 g/mol. The number of hydrogen-bond donors (Lipinski definition) is 4. The van der Waals surface area contributed by atoms with Crippen LogP contribution in [0.3, 0.4) is 0 Å². The highest BCUT2D eigenvalue weighted by Crippen LogP contribution is 2.40. The van der Waals surface area contributed by atoms with Crippen LogP contribution in [-0.2, 0) is 11.3 Å². The minimum absolute atomic E-state index is 0.271. The number of aromatic nitrogens is 6. The Bertz CT molecular complexity index is 1090. The zero-order chi connectivity index (χ0) is 20.4. The SMILES string of the molecule is CN=C1NC(N)(c2cc(C(C)(C)n3nccn3)nn2C2CC2)Nc2[nH]cc(F)c21. The molecule has 2 aliphatic rings. The molecule has 5 N–H and O–H groups in total. The molecule has 4 heterocycles. The van der Waals surface area contributed by atoms with Gasteiger partial charge in [0.2, 0.25) is 5.79 Å². The number of nitrogens with zero attached hydrogens (tertiary/aromatic N) is 6. The molecule has 0 saturated heterocycles. The molecule has 11 heteroatoms. The van der Waals surface area contributed by atoms with E-state index in [-0.39, 0.29) is 6.04 Å². The number of nitrogens with two attached hydrogens (primary N) is 1. The quantitative estimate of drug-likeness (QED) is 0.523. The lowest BCUT2D eigenvalue weighted by atomic mass is 10.0. The van der Waals surface area contributed by atoms with Crippen LogP contribution in [0, 0.1) is 5.82 Å². The summed E-state index contributed by atoms with van der Waals surface area (Å²) in [5.41, 5.74) is 8.05. The number of nitrogens with one attached hydrogen (secondary N) is 3. The first-order valence-corrected chi connectivity index (χ1v) is 9.50. The highest BCUT2D eigenvalue weighted by Gasteiger charge is 2.43. The van der Waals surface area contributed by atoms with Gasteiger partial charge < -0.3 is 15.6 Å². The largest absolute Gasteiger partial charge is 0.345 e. The van der Waals surface area contributed by atoms with Gasteiger partial charge in [0.05, 0.1) is 29.7 Å². The lowest BCUT2D eigenvalue weighted by Crippen LogP contribution is -2.62. The summed E-state index contributed by atoms with van der Waals surface area (Å²) in [5.74, 6) is -0.772. The number of fused-ring (bicyclic) bond motifs is 1. The van der Waals surface area contributed by atoms with Crippen LogP contribution in [0.2, 0.25) is 0 Å². The van der Waals surface area contributed by atoms with E-state index < -0.39 is 17.1 Å². The first kappa shape index (κ1) is 17.9. The minimum atomic E-state index is -1.22.